The van der Waals surface area contributed by atoms with Gasteiger partial charge >= 0.3 is 0 Å². The second kappa shape index (κ2) is 10.0. The van der Waals surface area contributed by atoms with Crippen LogP contribution >= 0.6 is 24.8 Å². The normalized spacial score (nSPS) is 17.9. The molecule has 0 spiro atoms. The van der Waals surface area contributed by atoms with Crippen LogP contribution in [0.15, 0.2) is 24.3 Å². The van der Waals surface area contributed by atoms with Crippen molar-refractivity contribution in [2.75, 3.05) is 25.5 Å². The van der Waals surface area contributed by atoms with Gasteiger partial charge in [-0.2, -0.15) is 0 Å². The number of nitrogens with two attached hydrogens (primary N) is 1. The zero-order chi connectivity index (χ0) is 15.4. The molecule has 1 aliphatic heterocycles. The SMILES string of the molecule is CCCC(N)C(=O)N1CCCC1c1cccc(N(C)C)c1.Cl.Cl. The summed E-state index contributed by atoms with van der Waals surface area (Å²) in [5.74, 6) is 0.106. The van der Waals surface area contributed by atoms with Crippen LogP contribution in [0.4, 0.5) is 5.69 Å². The fraction of sp³-hybridized carbons (Fsp3) is 0.588. The first-order valence-electron chi connectivity index (χ1n) is 7.88. The number of amides is 1. The van der Waals surface area contributed by atoms with Crippen molar-refractivity contribution in [2.24, 2.45) is 5.73 Å². The predicted octanol–water partition coefficient (Wildman–Crippen LogP) is 3.39. The van der Waals surface area contributed by atoms with Crippen LogP contribution in [0.2, 0.25) is 0 Å². The number of rotatable bonds is 5. The highest BCUT2D eigenvalue weighted by atomic mass is 35.5. The molecule has 1 aromatic rings. The largest absolute Gasteiger partial charge is 0.378 e. The van der Waals surface area contributed by atoms with Crippen LogP contribution in [-0.2, 0) is 4.79 Å². The van der Waals surface area contributed by atoms with Crippen LogP contribution in [-0.4, -0.2) is 37.5 Å². The van der Waals surface area contributed by atoms with Gasteiger partial charge in [-0.05, 0) is 37.0 Å². The first kappa shape index (κ1) is 22.0. The van der Waals surface area contributed by atoms with E-state index in [-0.39, 0.29) is 42.8 Å². The summed E-state index contributed by atoms with van der Waals surface area (Å²) in [6.45, 7) is 2.89. The van der Waals surface area contributed by atoms with Gasteiger partial charge in [-0.15, -0.1) is 24.8 Å². The highest BCUT2D eigenvalue weighted by Gasteiger charge is 2.32. The lowest BCUT2D eigenvalue weighted by atomic mass is 10.0. The summed E-state index contributed by atoms with van der Waals surface area (Å²) in [5, 5.41) is 0. The van der Waals surface area contributed by atoms with E-state index in [1.54, 1.807) is 0 Å². The molecule has 23 heavy (non-hydrogen) atoms. The number of hydrogen-bond donors (Lipinski definition) is 1. The fourth-order valence-corrected chi connectivity index (χ4v) is 3.03. The Hall–Kier alpha value is -0.970. The van der Waals surface area contributed by atoms with E-state index in [1.807, 2.05) is 19.0 Å². The molecular formula is C17H29Cl2N3O. The van der Waals surface area contributed by atoms with Gasteiger partial charge in [-0.25, -0.2) is 0 Å². The lowest BCUT2D eigenvalue weighted by Crippen LogP contribution is -2.43. The monoisotopic (exact) mass is 361 g/mol. The molecule has 2 unspecified atom stereocenters. The minimum atomic E-state index is -0.354. The molecule has 0 aliphatic carbocycles. The Labute approximate surface area is 152 Å². The number of carbonyl (C=O) groups excluding carboxylic acids is 1. The van der Waals surface area contributed by atoms with Crippen molar-refractivity contribution in [1.82, 2.24) is 4.90 Å². The van der Waals surface area contributed by atoms with E-state index < -0.39 is 0 Å². The average molecular weight is 362 g/mol. The first-order valence-corrected chi connectivity index (χ1v) is 7.88. The summed E-state index contributed by atoms with van der Waals surface area (Å²) in [6, 6.07) is 8.29. The van der Waals surface area contributed by atoms with Crippen molar-refractivity contribution < 1.29 is 4.79 Å². The van der Waals surface area contributed by atoms with Crippen LogP contribution in [0, 0.1) is 0 Å². The van der Waals surface area contributed by atoms with E-state index >= 15 is 0 Å². The van der Waals surface area contributed by atoms with Crippen molar-refractivity contribution in [3.63, 3.8) is 0 Å². The van der Waals surface area contributed by atoms with Crippen molar-refractivity contribution >= 4 is 36.4 Å². The van der Waals surface area contributed by atoms with Crippen LogP contribution in [0.25, 0.3) is 0 Å². The van der Waals surface area contributed by atoms with E-state index in [1.165, 1.54) is 11.3 Å². The van der Waals surface area contributed by atoms with Crippen molar-refractivity contribution in [3.8, 4) is 0 Å². The van der Waals surface area contributed by atoms with E-state index in [4.69, 9.17) is 5.73 Å². The second-order valence-electron chi connectivity index (χ2n) is 6.07. The number of carbonyl (C=O) groups is 1. The van der Waals surface area contributed by atoms with Gasteiger partial charge in [0, 0.05) is 26.3 Å². The van der Waals surface area contributed by atoms with Crippen molar-refractivity contribution in [1.29, 1.82) is 0 Å². The molecule has 1 saturated heterocycles. The molecule has 1 heterocycles. The van der Waals surface area contributed by atoms with Crippen molar-refractivity contribution in [3.05, 3.63) is 29.8 Å². The lowest BCUT2D eigenvalue weighted by Gasteiger charge is -2.28. The summed E-state index contributed by atoms with van der Waals surface area (Å²) in [5.41, 5.74) is 8.42. The van der Waals surface area contributed by atoms with Gasteiger partial charge in [0.15, 0.2) is 0 Å². The molecular weight excluding hydrogens is 333 g/mol. The molecule has 0 radical (unpaired) electrons. The Balaban J connectivity index is 0.00000242. The molecule has 2 N–H and O–H groups in total. The minimum Gasteiger partial charge on any atom is -0.378 e. The summed E-state index contributed by atoms with van der Waals surface area (Å²) in [7, 11) is 4.07. The smallest absolute Gasteiger partial charge is 0.239 e. The Kier molecular flexibility index (Phi) is 9.59. The third kappa shape index (κ3) is 5.27. The van der Waals surface area contributed by atoms with Gasteiger partial charge < -0.3 is 15.5 Å². The van der Waals surface area contributed by atoms with Gasteiger partial charge in [0.05, 0.1) is 12.1 Å². The molecule has 0 bridgehead atoms. The molecule has 2 atom stereocenters. The highest BCUT2D eigenvalue weighted by Crippen LogP contribution is 2.33. The van der Waals surface area contributed by atoms with Gasteiger partial charge in [0.2, 0.25) is 5.91 Å². The van der Waals surface area contributed by atoms with E-state index in [9.17, 15) is 4.79 Å². The fourth-order valence-electron chi connectivity index (χ4n) is 3.03. The minimum absolute atomic E-state index is 0. The molecule has 1 aromatic carbocycles. The number of anilines is 1. The van der Waals surface area contributed by atoms with E-state index in [2.05, 4.69) is 36.1 Å². The zero-order valence-electron chi connectivity index (χ0n) is 14.2. The topological polar surface area (TPSA) is 49.6 Å². The van der Waals surface area contributed by atoms with Crippen LogP contribution in [0.1, 0.15) is 44.2 Å². The molecule has 0 aromatic heterocycles. The number of hydrogen-bond acceptors (Lipinski definition) is 3. The number of benzene rings is 1. The number of halogens is 2. The van der Waals surface area contributed by atoms with Gasteiger partial charge in [0.25, 0.3) is 0 Å². The molecule has 0 saturated carbocycles. The third-order valence-electron chi connectivity index (χ3n) is 4.22. The maximum Gasteiger partial charge on any atom is 0.239 e. The van der Waals surface area contributed by atoms with Crippen LogP contribution in [0.3, 0.4) is 0 Å². The summed E-state index contributed by atoms with van der Waals surface area (Å²) >= 11 is 0. The Morgan fingerprint density at radius 2 is 2.09 bits per heavy atom. The predicted molar refractivity (Wildman–Crippen MR) is 102 cm³/mol. The first-order chi connectivity index (χ1) is 10.0. The maximum absolute atomic E-state index is 12.5. The van der Waals surface area contributed by atoms with Gasteiger partial charge in [0.1, 0.15) is 0 Å². The quantitative estimate of drug-likeness (QED) is 0.874. The molecule has 1 amide bonds. The van der Waals surface area contributed by atoms with Crippen molar-refractivity contribution in [2.45, 2.75) is 44.7 Å². The van der Waals surface area contributed by atoms with E-state index in [0.717, 1.165) is 32.2 Å². The van der Waals surface area contributed by atoms with Gasteiger partial charge in [-0.3, -0.25) is 4.79 Å². The Morgan fingerprint density at radius 3 is 2.70 bits per heavy atom. The molecule has 2 rings (SSSR count). The van der Waals surface area contributed by atoms with E-state index in [0.29, 0.717) is 0 Å². The molecule has 4 nitrogen and oxygen atoms in total. The molecule has 132 valence electrons. The second-order valence-corrected chi connectivity index (χ2v) is 6.07. The lowest BCUT2D eigenvalue weighted by molar-refractivity contribution is -0.133. The third-order valence-corrected chi connectivity index (χ3v) is 4.22. The van der Waals surface area contributed by atoms with Crippen LogP contribution < -0.4 is 10.6 Å². The average Bonchev–Trinajstić information content (AvgIpc) is 2.96. The molecule has 1 aliphatic rings. The number of nitrogens with zero attached hydrogens (tertiary/aromatic N) is 2. The summed E-state index contributed by atoms with van der Waals surface area (Å²) < 4.78 is 0. The zero-order valence-corrected chi connectivity index (χ0v) is 15.8. The Bertz CT molecular complexity index is 496. The Morgan fingerprint density at radius 1 is 1.39 bits per heavy atom. The summed E-state index contributed by atoms with van der Waals surface area (Å²) in [4.78, 5) is 16.6. The number of likely N-dealkylation sites (tertiary alicyclic amines) is 1. The molecule has 1 fully saturated rings. The summed E-state index contributed by atoms with van der Waals surface area (Å²) in [6.07, 6.45) is 3.80. The maximum atomic E-state index is 12.5. The van der Waals surface area contributed by atoms with Gasteiger partial charge in [-0.1, -0.05) is 25.5 Å². The standard InChI is InChI=1S/C17H27N3O.2ClH/c1-4-7-15(18)17(21)20-11-6-10-16(20)13-8-5-9-14(12-13)19(2)3;;/h5,8-9,12,15-16H,4,6-7,10-11,18H2,1-3H3;2*1H. The molecule has 6 heteroatoms. The van der Waals surface area contributed by atoms with Crippen LogP contribution in [0.5, 0.6) is 0 Å². The highest BCUT2D eigenvalue weighted by molar-refractivity contribution is 5.85.